The highest BCUT2D eigenvalue weighted by Crippen LogP contribution is 2.22. The molecule has 1 atom stereocenters. The van der Waals surface area contributed by atoms with Gasteiger partial charge in [0.2, 0.25) is 0 Å². The van der Waals surface area contributed by atoms with Crippen molar-refractivity contribution in [1.29, 1.82) is 0 Å². The molecule has 0 spiro atoms. The third kappa shape index (κ3) is 3.85. The van der Waals surface area contributed by atoms with Crippen LogP contribution in [0.2, 0.25) is 0 Å². The number of hydrogen-bond donors (Lipinski definition) is 1. The second-order valence-corrected chi connectivity index (χ2v) is 5.82. The molecule has 1 fully saturated rings. The summed E-state index contributed by atoms with van der Waals surface area (Å²) in [6, 6.07) is 1.61. The predicted octanol–water partition coefficient (Wildman–Crippen LogP) is 1.99. The number of nitrogens with one attached hydrogen (secondary N) is 1. The Morgan fingerprint density at radius 1 is 1.35 bits per heavy atom. The Hall–Kier alpha value is -2.44. The van der Waals surface area contributed by atoms with E-state index >= 15 is 0 Å². The highest BCUT2D eigenvalue weighted by Gasteiger charge is 2.23. The maximum atomic E-state index is 12.3. The van der Waals surface area contributed by atoms with Gasteiger partial charge in [-0.15, -0.1) is 0 Å². The van der Waals surface area contributed by atoms with Crippen LogP contribution in [0.5, 0.6) is 0 Å². The standard InChI is InChI=1S/C16H21N5O2/c1-17-15-11-18-13(10-19-15)9-12-3-2-6-21(7-4-12)16(22)14-5-8-23-20-14/h5,8,10-12H,2-4,6-7,9H2,1H3,(H,17,19)/t12-/m0/s1. The summed E-state index contributed by atoms with van der Waals surface area (Å²) in [6.07, 6.45) is 8.99. The number of hydrogen-bond acceptors (Lipinski definition) is 6. The Labute approximate surface area is 135 Å². The Morgan fingerprint density at radius 2 is 2.26 bits per heavy atom. The van der Waals surface area contributed by atoms with Crippen molar-refractivity contribution in [3.05, 3.63) is 36.1 Å². The van der Waals surface area contributed by atoms with Crippen LogP contribution < -0.4 is 5.32 Å². The number of likely N-dealkylation sites (tertiary alicyclic amines) is 1. The van der Waals surface area contributed by atoms with Crippen LogP contribution in [0.1, 0.15) is 35.4 Å². The average molecular weight is 315 g/mol. The van der Waals surface area contributed by atoms with Gasteiger partial charge in [-0.05, 0) is 31.6 Å². The first kappa shape index (κ1) is 15.5. The van der Waals surface area contributed by atoms with E-state index in [9.17, 15) is 4.79 Å². The van der Waals surface area contributed by atoms with Crippen LogP contribution in [0, 0.1) is 5.92 Å². The molecule has 1 aliphatic rings. The van der Waals surface area contributed by atoms with E-state index in [1.54, 1.807) is 12.3 Å². The Balaban J connectivity index is 1.56. The van der Waals surface area contributed by atoms with Gasteiger partial charge in [-0.25, -0.2) is 4.98 Å². The van der Waals surface area contributed by atoms with E-state index in [0.29, 0.717) is 11.6 Å². The number of carbonyl (C=O) groups is 1. The fraction of sp³-hybridized carbons (Fsp3) is 0.500. The summed E-state index contributed by atoms with van der Waals surface area (Å²) in [6.45, 7) is 1.52. The Bertz CT molecular complexity index is 626. The van der Waals surface area contributed by atoms with Gasteiger partial charge in [0, 0.05) is 26.2 Å². The van der Waals surface area contributed by atoms with Gasteiger partial charge >= 0.3 is 0 Å². The first-order valence-corrected chi connectivity index (χ1v) is 7.94. The van der Waals surface area contributed by atoms with Gasteiger partial charge in [-0.1, -0.05) is 5.16 Å². The van der Waals surface area contributed by atoms with E-state index in [0.717, 1.165) is 50.3 Å². The van der Waals surface area contributed by atoms with Gasteiger partial charge in [0.1, 0.15) is 12.1 Å². The highest BCUT2D eigenvalue weighted by molar-refractivity contribution is 5.92. The molecular weight excluding hydrogens is 294 g/mol. The molecule has 0 radical (unpaired) electrons. The minimum Gasteiger partial charge on any atom is -0.372 e. The van der Waals surface area contributed by atoms with Crippen molar-refractivity contribution in [3.63, 3.8) is 0 Å². The predicted molar refractivity (Wildman–Crippen MR) is 85.0 cm³/mol. The van der Waals surface area contributed by atoms with Crippen molar-refractivity contribution < 1.29 is 9.32 Å². The Kier molecular flexibility index (Phi) is 4.85. The molecule has 1 saturated heterocycles. The molecule has 23 heavy (non-hydrogen) atoms. The van der Waals surface area contributed by atoms with Gasteiger partial charge in [0.15, 0.2) is 5.69 Å². The van der Waals surface area contributed by atoms with E-state index in [4.69, 9.17) is 4.52 Å². The van der Waals surface area contributed by atoms with Crippen LogP contribution in [0.4, 0.5) is 5.82 Å². The molecule has 7 heteroatoms. The second-order valence-electron chi connectivity index (χ2n) is 5.82. The lowest BCUT2D eigenvalue weighted by Gasteiger charge is -2.19. The number of carbonyl (C=O) groups excluding carboxylic acids is 1. The molecule has 0 bridgehead atoms. The van der Waals surface area contributed by atoms with E-state index in [2.05, 4.69) is 20.4 Å². The van der Waals surface area contributed by atoms with E-state index in [1.165, 1.54) is 6.26 Å². The van der Waals surface area contributed by atoms with Crippen LogP contribution in [0.3, 0.4) is 0 Å². The van der Waals surface area contributed by atoms with Gasteiger partial charge in [-0.2, -0.15) is 0 Å². The molecule has 1 N–H and O–H groups in total. The molecule has 122 valence electrons. The minimum atomic E-state index is -0.0439. The number of amides is 1. The summed E-state index contributed by atoms with van der Waals surface area (Å²) in [7, 11) is 1.83. The number of aromatic nitrogens is 3. The molecule has 0 aromatic carbocycles. The van der Waals surface area contributed by atoms with Gasteiger partial charge in [0.05, 0.1) is 18.1 Å². The average Bonchev–Trinajstić information content (AvgIpc) is 3.02. The molecule has 0 aliphatic carbocycles. The number of rotatable bonds is 4. The lowest BCUT2D eigenvalue weighted by molar-refractivity contribution is 0.0749. The molecule has 1 amide bonds. The van der Waals surface area contributed by atoms with E-state index in [-0.39, 0.29) is 5.91 Å². The van der Waals surface area contributed by atoms with Gasteiger partial charge in [0.25, 0.3) is 5.91 Å². The molecule has 2 aromatic rings. The molecule has 1 aliphatic heterocycles. The molecule has 0 saturated carbocycles. The quantitative estimate of drug-likeness (QED) is 0.929. The van der Waals surface area contributed by atoms with Crippen molar-refractivity contribution in [1.82, 2.24) is 20.0 Å². The summed E-state index contributed by atoms with van der Waals surface area (Å²) in [5, 5.41) is 6.70. The van der Waals surface area contributed by atoms with Crippen molar-refractivity contribution in [2.75, 3.05) is 25.5 Å². The second kappa shape index (κ2) is 7.21. The summed E-state index contributed by atoms with van der Waals surface area (Å²) >= 11 is 0. The first-order chi connectivity index (χ1) is 11.3. The zero-order valence-corrected chi connectivity index (χ0v) is 13.2. The lowest BCUT2D eigenvalue weighted by Crippen LogP contribution is -2.32. The summed E-state index contributed by atoms with van der Waals surface area (Å²) < 4.78 is 4.76. The van der Waals surface area contributed by atoms with Crippen LogP contribution in [-0.4, -0.2) is 46.1 Å². The monoisotopic (exact) mass is 315 g/mol. The fourth-order valence-corrected chi connectivity index (χ4v) is 2.94. The normalized spacial score (nSPS) is 18.5. The van der Waals surface area contributed by atoms with E-state index < -0.39 is 0 Å². The van der Waals surface area contributed by atoms with Crippen LogP contribution in [-0.2, 0) is 6.42 Å². The van der Waals surface area contributed by atoms with Crippen LogP contribution in [0.15, 0.2) is 29.2 Å². The minimum absolute atomic E-state index is 0.0439. The molecule has 0 unspecified atom stereocenters. The molecule has 7 nitrogen and oxygen atoms in total. The van der Waals surface area contributed by atoms with Crippen molar-refractivity contribution in [2.24, 2.45) is 5.92 Å². The number of nitrogens with zero attached hydrogens (tertiary/aromatic N) is 4. The topological polar surface area (TPSA) is 84.2 Å². The third-order valence-electron chi connectivity index (χ3n) is 4.25. The largest absolute Gasteiger partial charge is 0.372 e. The van der Waals surface area contributed by atoms with Crippen molar-refractivity contribution in [2.45, 2.75) is 25.7 Å². The summed E-state index contributed by atoms with van der Waals surface area (Å²) in [5.41, 5.74) is 1.39. The third-order valence-corrected chi connectivity index (χ3v) is 4.25. The number of anilines is 1. The lowest BCUT2D eigenvalue weighted by atomic mass is 9.95. The summed E-state index contributed by atoms with van der Waals surface area (Å²) in [4.78, 5) is 22.9. The van der Waals surface area contributed by atoms with Gasteiger partial charge < -0.3 is 14.7 Å². The zero-order valence-electron chi connectivity index (χ0n) is 13.2. The Morgan fingerprint density at radius 3 is 2.96 bits per heavy atom. The molecule has 2 aromatic heterocycles. The van der Waals surface area contributed by atoms with Crippen molar-refractivity contribution in [3.8, 4) is 0 Å². The SMILES string of the molecule is CNc1cnc(C[C@H]2CCCN(C(=O)c3ccon3)CC2)cn1. The van der Waals surface area contributed by atoms with Crippen LogP contribution >= 0.6 is 0 Å². The summed E-state index contributed by atoms with van der Waals surface area (Å²) in [5.74, 6) is 1.26. The fourth-order valence-electron chi connectivity index (χ4n) is 2.94. The maximum Gasteiger partial charge on any atom is 0.276 e. The van der Waals surface area contributed by atoms with Crippen LogP contribution in [0.25, 0.3) is 0 Å². The van der Waals surface area contributed by atoms with Gasteiger partial charge in [-0.3, -0.25) is 9.78 Å². The smallest absolute Gasteiger partial charge is 0.276 e. The molecular formula is C16H21N5O2. The highest BCUT2D eigenvalue weighted by atomic mass is 16.5. The first-order valence-electron chi connectivity index (χ1n) is 7.94. The van der Waals surface area contributed by atoms with Crippen molar-refractivity contribution >= 4 is 11.7 Å². The molecule has 3 rings (SSSR count). The zero-order chi connectivity index (χ0) is 16.1. The van der Waals surface area contributed by atoms with E-state index in [1.807, 2.05) is 18.1 Å². The molecule has 3 heterocycles. The maximum absolute atomic E-state index is 12.3.